The van der Waals surface area contributed by atoms with Crippen LogP contribution in [0, 0.1) is 12.7 Å². The predicted octanol–water partition coefficient (Wildman–Crippen LogP) is 3.58. The third-order valence-electron chi connectivity index (χ3n) is 4.32. The smallest absolute Gasteiger partial charge is 0.243 e. The fraction of sp³-hybridized carbons (Fsp3) is 0.278. The van der Waals surface area contributed by atoms with Crippen molar-refractivity contribution in [3.05, 3.63) is 58.9 Å². The number of hydrogen-bond acceptors (Lipinski definition) is 3. The Balaban J connectivity index is 1.83. The molecule has 138 valence electrons. The number of carbonyl (C=O) groups excluding carboxylic acids is 1. The molecule has 3 rings (SSSR count). The van der Waals surface area contributed by atoms with Gasteiger partial charge in [-0.3, -0.25) is 4.79 Å². The van der Waals surface area contributed by atoms with Crippen LogP contribution in [0.1, 0.15) is 18.4 Å². The van der Waals surface area contributed by atoms with Crippen LogP contribution in [0.5, 0.6) is 0 Å². The topological polar surface area (TPSA) is 66.5 Å². The average molecular weight is 397 g/mol. The third-order valence-corrected chi connectivity index (χ3v) is 6.56. The van der Waals surface area contributed by atoms with Gasteiger partial charge in [-0.25, -0.2) is 12.8 Å². The standard InChI is InChI=1S/C18H18ClFN2O3S/c1-12-4-7-14(8-5-12)26(24,25)22-10-2-3-17(22)18(23)21-16-9-6-13(20)11-15(16)19/h4-9,11,17H,2-3,10H2,1H3,(H,21,23). The van der Waals surface area contributed by atoms with E-state index < -0.39 is 27.8 Å². The maximum atomic E-state index is 13.1. The van der Waals surface area contributed by atoms with Crippen LogP contribution in [0.2, 0.25) is 5.02 Å². The van der Waals surface area contributed by atoms with E-state index in [4.69, 9.17) is 11.6 Å². The first-order chi connectivity index (χ1) is 12.3. The van der Waals surface area contributed by atoms with Crippen molar-refractivity contribution in [1.82, 2.24) is 4.31 Å². The van der Waals surface area contributed by atoms with Crippen molar-refractivity contribution in [2.75, 3.05) is 11.9 Å². The highest BCUT2D eigenvalue weighted by molar-refractivity contribution is 7.89. The number of benzene rings is 2. The van der Waals surface area contributed by atoms with E-state index in [1.54, 1.807) is 12.1 Å². The molecule has 1 aliphatic heterocycles. The molecule has 0 spiro atoms. The van der Waals surface area contributed by atoms with Gasteiger partial charge in [-0.15, -0.1) is 0 Å². The number of nitrogens with zero attached hydrogens (tertiary/aromatic N) is 1. The molecule has 1 aliphatic rings. The fourth-order valence-corrected chi connectivity index (χ4v) is 4.81. The summed E-state index contributed by atoms with van der Waals surface area (Å²) in [6, 6.07) is 9.30. The molecule has 0 saturated carbocycles. The molecule has 0 bridgehead atoms. The van der Waals surface area contributed by atoms with Crippen molar-refractivity contribution in [3.8, 4) is 0 Å². The first kappa shape index (κ1) is 18.8. The second kappa shape index (κ2) is 7.34. The molecule has 1 atom stereocenters. The number of anilines is 1. The van der Waals surface area contributed by atoms with Gasteiger partial charge in [0.1, 0.15) is 11.9 Å². The lowest BCUT2D eigenvalue weighted by Crippen LogP contribution is -2.43. The molecule has 5 nitrogen and oxygen atoms in total. The molecular formula is C18H18ClFN2O3S. The molecule has 1 fully saturated rings. The number of halogens is 2. The molecule has 0 aliphatic carbocycles. The summed E-state index contributed by atoms with van der Waals surface area (Å²) in [5.41, 5.74) is 1.20. The number of sulfonamides is 1. The summed E-state index contributed by atoms with van der Waals surface area (Å²) in [6.45, 7) is 2.14. The van der Waals surface area contributed by atoms with Gasteiger partial charge in [0, 0.05) is 6.54 Å². The number of hydrogen-bond donors (Lipinski definition) is 1. The van der Waals surface area contributed by atoms with E-state index in [2.05, 4.69) is 5.32 Å². The van der Waals surface area contributed by atoms with Gasteiger partial charge in [0.2, 0.25) is 15.9 Å². The van der Waals surface area contributed by atoms with Crippen LogP contribution in [-0.2, 0) is 14.8 Å². The summed E-state index contributed by atoms with van der Waals surface area (Å²) in [6.07, 6.45) is 0.996. The minimum absolute atomic E-state index is 0.0595. The Morgan fingerprint density at radius 3 is 2.58 bits per heavy atom. The minimum atomic E-state index is -3.78. The van der Waals surface area contributed by atoms with Crippen molar-refractivity contribution in [2.45, 2.75) is 30.7 Å². The van der Waals surface area contributed by atoms with Gasteiger partial charge in [0.05, 0.1) is 15.6 Å². The van der Waals surface area contributed by atoms with Crippen molar-refractivity contribution >= 4 is 33.2 Å². The van der Waals surface area contributed by atoms with E-state index in [1.165, 1.54) is 28.6 Å². The molecule has 1 heterocycles. The molecule has 0 aromatic heterocycles. The molecule has 0 radical (unpaired) electrons. The molecular weight excluding hydrogens is 379 g/mol. The Morgan fingerprint density at radius 2 is 1.92 bits per heavy atom. The molecule has 2 aromatic carbocycles. The Labute approximate surface area is 156 Å². The summed E-state index contributed by atoms with van der Waals surface area (Å²) in [7, 11) is -3.78. The second-order valence-electron chi connectivity index (χ2n) is 6.20. The molecule has 1 unspecified atom stereocenters. The zero-order valence-corrected chi connectivity index (χ0v) is 15.6. The van der Waals surface area contributed by atoms with Crippen LogP contribution >= 0.6 is 11.6 Å². The van der Waals surface area contributed by atoms with Crippen molar-refractivity contribution < 1.29 is 17.6 Å². The SMILES string of the molecule is Cc1ccc(S(=O)(=O)N2CCCC2C(=O)Nc2ccc(F)cc2Cl)cc1. The molecule has 1 N–H and O–H groups in total. The highest BCUT2D eigenvalue weighted by Gasteiger charge is 2.39. The predicted molar refractivity (Wildman–Crippen MR) is 98.1 cm³/mol. The maximum Gasteiger partial charge on any atom is 0.243 e. The fourth-order valence-electron chi connectivity index (χ4n) is 2.94. The second-order valence-corrected chi connectivity index (χ2v) is 8.50. The van der Waals surface area contributed by atoms with E-state index in [-0.39, 0.29) is 22.2 Å². The Morgan fingerprint density at radius 1 is 1.23 bits per heavy atom. The largest absolute Gasteiger partial charge is 0.323 e. The zero-order valence-electron chi connectivity index (χ0n) is 14.1. The molecule has 1 saturated heterocycles. The molecule has 2 aromatic rings. The van der Waals surface area contributed by atoms with E-state index in [0.717, 1.165) is 11.6 Å². The van der Waals surface area contributed by atoms with Gasteiger partial charge in [0.25, 0.3) is 0 Å². The number of rotatable bonds is 4. The lowest BCUT2D eigenvalue weighted by atomic mass is 10.2. The van der Waals surface area contributed by atoms with Gasteiger partial charge < -0.3 is 5.32 Å². The van der Waals surface area contributed by atoms with Gasteiger partial charge in [-0.1, -0.05) is 29.3 Å². The van der Waals surface area contributed by atoms with Gasteiger partial charge in [0.15, 0.2) is 0 Å². The van der Waals surface area contributed by atoms with Crippen LogP contribution < -0.4 is 5.32 Å². The van der Waals surface area contributed by atoms with Gasteiger partial charge >= 0.3 is 0 Å². The first-order valence-corrected chi connectivity index (χ1v) is 9.95. The van der Waals surface area contributed by atoms with Crippen LogP contribution in [-0.4, -0.2) is 31.2 Å². The number of carbonyl (C=O) groups is 1. The summed E-state index contributed by atoms with van der Waals surface area (Å²) in [4.78, 5) is 12.8. The number of amides is 1. The normalized spacial score (nSPS) is 18.0. The Hall–Kier alpha value is -1.96. The van der Waals surface area contributed by atoms with Gasteiger partial charge in [-0.2, -0.15) is 4.31 Å². The van der Waals surface area contributed by atoms with E-state index in [9.17, 15) is 17.6 Å². The zero-order chi connectivity index (χ0) is 18.9. The summed E-state index contributed by atoms with van der Waals surface area (Å²) in [5, 5.41) is 2.66. The van der Waals surface area contributed by atoms with E-state index in [0.29, 0.717) is 12.8 Å². The lowest BCUT2D eigenvalue weighted by Gasteiger charge is -2.23. The molecule has 26 heavy (non-hydrogen) atoms. The quantitative estimate of drug-likeness (QED) is 0.858. The summed E-state index contributed by atoms with van der Waals surface area (Å²) >= 11 is 5.93. The average Bonchev–Trinajstić information content (AvgIpc) is 3.08. The first-order valence-electron chi connectivity index (χ1n) is 8.13. The summed E-state index contributed by atoms with van der Waals surface area (Å²) in [5.74, 6) is -0.996. The van der Waals surface area contributed by atoms with E-state index in [1.807, 2.05) is 6.92 Å². The maximum absolute atomic E-state index is 13.1. The van der Waals surface area contributed by atoms with Crippen molar-refractivity contribution in [2.24, 2.45) is 0 Å². The molecule has 8 heteroatoms. The highest BCUT2D eigenvalue weighted by atomic mass is 35.5. The Bertz CT molecular complexity index is 932. The minimum Gasteiger partial charge on any atom is -0.323 e. The summed E-state index contributed by atoms with van der Waals surface area (Å²) < 4.78 is 40.1. The number of aryl methyl sites for hydroxylation is 1. The van der Waals surface area contributed by atoms with Crippen molar-refractivity contribution in [1.29, 1.82) is 0 Å². The molecule has 1 amide bonds. The van der Waals surface area contributed by atoms with Crippen LogP contribution in [0.4, 0.5) is 10.1 Å². The van der Waals surface area contributed by atoms with Crippen LogP contribution in [0.15, 0.2) is 47.4 Å². The monoisotopic (exact) mass is 396 g/mol. The van der Waals surface area contributed by atoms with Crippen LogP contribution in [0.25, 0.3) is 0 Å². The third kappa shape index (κ3) is 3.75. The highest BCUT2D eigenvalue weighted by Crippen LogP contribution is 2.28. The van der Waals surface area contributed by atoms with Crippen molar-refractivity contribution in [3.63, 3.8) is 0 Å². The number of nitrogens with one attached hydrogen (secondary N) is 1. The van der Waals surface area contributed by atoms with E-state index >= 15 is 0 Å². The lowest BCUT2D eigenvalue weighted by molar-refractivity contribution is -0.119. The van der Waals surface area contributed by atoms with Gasteiger partial charge in [-0.05, 0) is 50.1 Å². The van der Waals surface area contributed by atoms with Crippen LogP contribution in [0.3, 0.4) is 0 Å². The Kier molecular flexibility index (Phi) is 5.32.